The van der Waals surface area contributed by atoms with Crippen LogP contribution in [0.15, 0.2) is 18.2 Å². The van der Waals surface area contributed by atoms with Crippen LogP contribution in [-0.4, -0.2) is 49.0 Å². The molecule has 0 bridgehead atoms. The lowest BCUT2D eigenvalue weighted by molar-refractivity contribution is 0.0662. The summed E-state index contributed by atoms with van der Waals surface area (Å²) in [6, 6.07) is 4.21. The molecule has 1 fully saturated rings. The van der Waals surface area contributed by atoms with Crippen LogP contribution in [0.5, 0.6) is 0 Å². The number of piperazine rings is 1. The Balaban J connectivity index is 1.99. The second-order valence-electron chi connectivity index (χ2n) is 4.69. The van der Waals surface area contributed by atoms with Crippen LogP contribution in [0.25, 0.3) is 0 Å². The van der Waals surface area contributed by atoms with Gasteiger partial charge < -0.3 is 4.90 Å². The van der Waals surface area contributed by atoms with Crippen molar-refractivity contribution in [3.05, 3.63) is 35.1 Å². The third-order valence-electron chi connectivity index (χ3n) is 3.20. The molecule has 1 saturated heterocycles. The Labute approximate surface area is 106 Å². The topological polar surface area (TPSA) is 35.6 Å². The molecule has 1 aromatic rings. The van der Waals surface area contributed by atoms with E-state index in [0.717, 1.165) is 26.2 Å². The maximum absolute atomic E-state index is 13.0. The summed E-state index contributed by atoms with van der Waals surface area (Å²) in [6.45, 7) is 5.22. The molecule has 0 radical (unpaired) electrons. The average molecular weight is 251 g/mol. The van der Waals surface area contributed by atoms with Gasteiger partial charge in [0.1, 0.15) is 5.82 Å². The molecule has 18 heavy (non-hydrogen) atoms. The van der Waals surface area contributed by atoms with E-state index in [1.807, 2.05) is 5.01 Å². The summed E-state index contributed by atoms with van der Waals surface area (Å²) in [5.74, 6) is -0.485. The smallest absolute Gasteiger partial charge is 0.265 e. The van der Waals surface area contributed by atoms with Crippen LogP contribution in [0.2, 0.25) is 0 Å². The average Bonchev–Trinajstić information content (AvgIpc) is 2.32. The number of hydrogen-bond acceptors (Lipinski definition) is 3. The van der Waals surface area contributed by atoms with Crippen molar-refractivity contribution in [1.29, 1.82) is 0 Å². The highest BCUT2D eigenvalue weighted by Crippen LogP contribution is 2.10. The van der Waals surface area contributed by atoms with Crippen molar-refractivity contribution in [3.8, 4) is 0 Å². The van der Waals surface area contributed by atoms with Gasteiger partial charge in [-0.15, -0.1) is 0 Å². The summed E-state index contributed by atoms with van der Waals surface area (Å²) in [4.78, 5) is 14.3. The summed E-state index contributed by atoms with van der Waals surface area (Å²) in [5, 5.41) is 1.91. The fourth-order valence-corrected chi connectivity index (χ4v) is 2.00. The molecule has 0 aromatic heterocycles. The first kappa shape index (κ1) is 13.0. The number of hydrogen-bond donors (Lipinski definition) is 1. The molecule has 1 N–H and O–H groups in total. The molecule has 0 saturated carbocycles. The molecule has 2 rings (SSSR count). The largest absolute Gasteiger partial charge is 0.304 e. The number of likely N-dealkylation sites (N-methyl/N-ethyl adjacent to an activating group) is 1. The molecule has 1 aliphatic heterocycles. The normalized spacial score (nSPS) is 17.7. The zero-order valence-electron chi connectivity index (χ0n) is 10.7. The van der Waals surface area contributed by atoms with Crippen LogP contribution < -0.4 is 5.43 Å². The molecule has 0 spiro atoms. The molecule has 1 aromatic carbocycles. The van der Waals surface area contributed by atoms with Crippen LogP contribution in [-0.2, 0) is 0 Å². The van der Waals surface area contributed by atoms with Crippen molar-refractivity contribution in [2.75, 3.05) is 33.2 Å². The van der Waals surface area contributed by atoms with Gasteiger partial charge in [-0.3, -0.25) is 10.2 Å². The van der Waals surface area contributed by atoms with Crippen LogP contribution in [0.4, 0.5) is 4.39 Å². The summed E-state index contributed by atoms with van der Waals surface area (Å²) in [5.41, 5.74) is 4.04. The van der Waals surface area contributed by atoms with E-state index in [-0.39, 0.29) is 11.7 Å². The van der Waals surface area contributed by atoms with Gasteiger partial charge in [0.15, 0.2) is 0 Å². The van der Waals surface area contributed by atoms with Crippen molar-refractivity contribution < 1.29 is 9.18 Å². The first-order valence-electron chi connectivity index (χ1n) is 6.07. The summed E-state index contributed by atoms with van der Waals surface area (Å²) in [6.07, 6.45) is 0. The number of nitrogens with one attached hydrogen (secondary N) is 1. The Kier molecular flexibility index (Phi) is 3.93. The van der Waals surface area contributed by atoms with E-state index in [2.05, 4.69) is 17.4 Å². The Bertz CT molecular complexity index is 442. The minimum atomic E-state index is -0.316. The number of benzene rings is 1. The number of carbonyl (C=O) groups excluding carboxylic acids is 1. The number of carbonyl (C=O) groups is 1. The van der Waals surface area contributed by atoms with Crippen LogP contribution in [0.1, 0.15) is 15.9 Å². The third kappa shape index (κ3) is 3.05. The van der Waals surface area contributed by atoms with Crippen molar-refractivity contribution in [3.63, 3.8) is 0 Å². The van der Waals surface area contributed by atoms with Crippen molar-refractivity contribution in [2.45, 2.75) is 6.92 Å². The number of halogens is 1. The summed E-state index contributed by atoms with van der Waals surface area (Å²) >= 11 is 0. The Morgan fingerprint density at radius 1 is 1.28 bits per heavy atom. The predicted molar refractivity (Wildman–Crippen MR) is 67.7 cm³/mol. The molecule has 0 atom stereocenters. The summed E-state index contributed by atoms with van der Waals surface area (Å²) < 4.78 is 13.0. The molecular weight excluding hydrogens is 233 g/mol. The molecule has 98 valence electrons. The molecule has 1 aliphatic rings. The maximum atomic E-state index is 13.0. The molecule has 4 nitrogen and oxygen atoms in total. The van der Waals surface area contributed by atoms with E-state index in [4.69, 9.17) is 0 Å². The highest BCUT2D eigenvalue weighted by molar-refractivity contribution is 5.95. The lowest BCUT2D eigenvalue weighted by Gasteiger charge is -2.32. The first-order chi connectivity index (χ1) is 8.56. The highest BCUT2D eigenvalue weighted by Gasteiger charge is 2.17. The lowest BCUT2D eigenvalue weighted by Crippen LogP contribution is -2.52. The molecule has 0 aliphatic carbocycles. The van der Waals surface area contributed by atoms with Gasteiger partial charge in [-0.2, -0.15) is 0 Å². The number of nitrogens with zero attached hydrogens (tertiary/aromatic N) is 2. The third-order valence-corrected chi connectivity index (χ3v) is 3.20. The fourth-order valence-electron chi connectivity index (χ4n) is 2.00. The van der Waals surface area contributed by atoms with Gasteiger partial charge in [-0.05, 0) is 37.7 Å². The minimum Gasteiger partial charge on any atom is -0.304 e. The Morgan fingerprint density at radius 2 is 1.94 bits per heavy atom. The maximum Gasteiger partial charge on any atom is 0.265 e. The van der Waals surface area contributed by atoms with Gasteiger partial charge in [0.05, 0.1) is 0 Å². The van der Waals surface area contributed by atoms with Gasteiger partial charge in [0, 0.05) is 31.7 Å². The Hall–Kier alpha value is -1.46. The van der Waals surface area contributed by atoms with Gasteiger partial charge in [0.2, 0.25) is 0 Å². The van der Waals surface area contributed by atoms with Gasteiger partial charge in [-0.1, -0.05) is 0 Å². The van der Waals surface area contributed by atoms with Crippen LogP contribution in [0.3, 0.4) is 0 Å². The molecule has 1 heterocycles. The van der Waals surface area contributed by atoms with Gasteiger partial charge in [0.25, 0.3) is 5.91 Å². The monoisotopic (exact) mass is 251 g/mol. The number of amides is 1. The highest BCUT2D eigenvalue weighted by atomic mass is 19.1. The lowest BCUT2D eigenvalue weighted by atomic mass is 10.1. The van der Waals surface area contributed by atoms with Crippen LogP contribution >= 0.6 is 0 Å². The second-order valence-corrected chi connectivity index (χ2v) is 4.69. The van der Waals surface area contributed by atoms with E-state index in [0.29, 0.717) is 11.1 Å². The van der Waals surface area contributed by atoms with Crippen molar-refractivity contribution >= 4 is 5.91 Å². The van der Waals surface area contributed by atoms with E-state index < -0.39 is 0 Å². The van der Waals surface area contributed by atoms with E-state index >= 15 is 0 Å². The minimum absolute atomic E-state index is 0.169. The fraction of sp³-hybridized carbons (Fsp3) is 0.462. The molecule has 0 unspecified atom stereocenters. The number of hydrazine groups is 1. The summed E-state index contributed by atoms with van der Waals surface area (Å²) in [7, 11) is 2.06. The number of aryl methyl sites for hydroxylation is 1. The Morgan fingerprint density at radius 3 is 2.56 bits per heavy atom. The van der Waals surface area contributed by atoms with E-state index in [1.165, 1.54) is 18.2 Å². The van der Waals surface area contributed by atoms with Crippen molar-refractivity contribution in [2.24, 2.45) is 0 Å². The zero-order chi connectivity index (χ0) is 13.1. The standard InChI is InChI=1S/C13H18FN3O/c1-10-9-11(14)3-4-12(10)13(18)15-17-7-5-16(2)6-8-17/h3-4,9H,5-8H2,1-2H3,(H,15,18). The second kappa shape index (κ2) is 5.46. The van der Waals surface area contributed by atoms with E-state index in [1.54, 1.807) is 6.92 Å². The van der Waals surface area contributed by atoms with E-state index in [9.17, 15) is 9.18 Å². The van der Waals surface area contributed by atoms with Crippen molar-refractivity contribution in [1.82, 2.24) is 15.3 Å². The molecule has 5 heteroatoms. The predicted octanol–water partition coefficient (Wildman–Crippen LogP) is 1.03. The van der Waals surface area contributed by atoms with Gasteiger partial charge >= 0.3 is 0 Å². The first-order valence-corrected chi connectivity index (χ1v) is 6.07. The number of rotatable bonds is 2. The quantitative estimate of drug-likeness (QED) is 0.852. The zero-order valence-corrected chi connectivity index (χ0v) is 10.7. The SMILES string of the molecule is Cc1cc(F)ccc1C(=O)NN1CCN(C)CC1. The molecule has 1 amide bonds. The molecular formula is C13H18FN3O. The van der Waals surface area contributed by atoms with Crippen LogP contribution in [0, 0.1) is 12.7 Å². The van der Waals surface area contributed by atoms with Gasteiger partial charge in [-0.25, -0.2) is 9.40 Å².